The van der Waals surface area contributed by atoms with E-state index in [1.54, 1.807) is 6.08 Å². The summed E-state index contributed by atoms with van der Waals surface area (Å²) in [6, 6.07) is 0.154. The highest BCUT2D eigenvalue weighted by molar-refractivity contribution is 5.91. The Hall–Kier alpha value is -1.22. The summed E-state index contributed by atoms with van der Waals surface area (Å²) in [5.41, 5.74) is 0.533. The van der Waals surface area contributed by atoms with E-state index in [9.17, 15) is 4.79 Å². The number of rotatable bonds is 7. The molecule has 0 aromatic carbocycles. The molecular formula is C20H32N4O. The molecule has 1 atom stereocenters. The van der Waals surface area contributed by atoms with Gasteiger partial charge in [-0.2, -0.15) is 0 Å². The molecule has 3 saturated carbocycles. The summed E-state index contributed by atoms with van der Waals surface area (Å²) < 4.78 is 0. The number of piperazine rings is 1. The highest BCUT2D eigenvalue weighted by atomic mass is 16.1. The van der Waals surface area contributed by atoms with E-state index in [1.165, 1.54) is 19.3 Å². The summed E-state index contributed by atoms with van der Waals surface area (Å²) in [6.07, 6.45) is 7.67. The van der Waals surface area contributed by atoms with Crippen molar-refractivity contribution in [1.82, 2.24) is 15.1 Å². The Balaban J connectivity index is 1.44. The smallest absolute Gasteiger partial charge is 0.231 e. The Labute approximate surface area is 152 Å². The second kappa shape index (κ2) is 7.19. The van der Waals surface area contributed by atoms with Gasteiger partial charge in [0.1, 0.15) is 0 Å². The molecule has 0 aromatic heterocycles. The fraction of sp³-hybridized carbons (Fsp3) is 0.800. The van der Waals surface area contributed by atoms with E-state index in [0.717, 1.165) is 32.1 Å². The molecule has 4 aliphatic rings. The normalized spacial score (nSPS) is 32.9. The molecule has 2 bridgehead atoms. The summed E-state index contributed by atoms with van der Waals surface area (Å²) in [7, 11) is 0. The van der Waals surface area contributed by atoms with Gasteiger partial charge < -0.3 is 10.2 Å². The number of hydrogen-bond donors (Lipinski definition) is 1. The number of hydrogen-bond acceptors (Lipinski definition) is 4. The van der Waals surface area contributed by atoms with E-state index in [0.29, 0.717) is 18.6 Å². The third kappa shape index (κ3) is 4.31. The summed E-state index contributed by atoms with van der Waals surface area (Å²) in [5, 5.41) is 3.57. The Morgan fingerprint density at radius 2 is 2.04 bits per heavy atom. The van der Waals surface area contributed by atoms with Gasteiger partial charge in [-0.25, -0.2) is 6.57 Å². The van der Waals surface area contributed by atoms with Crippen LogP contribution in [-0.4, -0.2) is 72.0 Å². The minimum absolute atomic E-state index is 0.115. The van der Waals surface area contributed by atoms with Crippen LogP contribution < -0.4 is 5.32 Å². The van der Waals surface area contributed by atoms with Gasteiger partial charge in [0, 0.05) is 37.3 Å². The maximum atomic E-state index is 12.3. The van der Waals surface area contributed by atoms with Gasteiger partial charge in [-0.05, 0) is 52.0 Å². The lowest BCUT2D eigenvalue weighted by molar-refractivity contribution is -0.117. The number of carbonyl (C=O) groups is 1. The highest BCUT2D eigenvalue weighted by Gasteiger charge is 2.55. The number of nitrogens with one attached hydrogen (secondary N) is 1. The molecule has 1 saturated heterocycles. The Morgan fingerprint density at radius 1 is 1.32 bits per heavy atom. The third-order valence-electron chi connectivity index (χ3n) is 6.15. The van der Waals surface area contributed by atoms with Crippen molar-refractivity contribution in [3.63, 3.8) is 0 Å². The topological polar surface area (TPSA) is 39.9 Å². The molecular weight excluding hydrogens is 312 g/mol. The summed E-state index contributed by atoms with van der Waals surface area (Å²) in [5.74, 6) is 1.13. The van der Waals surface area contributed by atoms with Crippen LogP contribution >= 0.6 is 0 Å². The van der Waals surface area contributed by atoms with E-state index in [1.807, 2.05) is 6.08 Å². The predicted molar refractivity (Wildman–Crippen MR) is 100 cm³/mol. The maximum absolute atomic E-state index is 12.3. The molecule has 1 unspecified atom stereocenters. The first-order valence-electron chi connectivity index (χ1n) is 9.58. The number of carbonyl (C=O) groups excluding carboxylic acids is 1. The van der Waals surface area contributed by atoms with E-state index in [4.69, 9.17) is 6.57 Å². The average molecular weight is 345 g/mol. The van der Waals surface area contributed by atoms with E-state index in [2.05, 4.69) is 40.7 Å². The van der Waals surface area contributed by atoms with Crippen LogP contribution in [0.4, 0.5) is 0 Å². The molecule has 0 aromatic rings. The molecule has 1 N–H and O–H groups in total. The quantitative estimate of drug-likeness (QED) is 0.566. The van der Waals surface area contributed by atoms with E-state index >= 15 is 0 Å². The first-order chi connectivity index (χ1) is 11.8. The van der Waals surface area contributed by atoms with Gasteiger partial charge in [0.25, 0.3) is 0 Å². The lowest BCUT2D eigenvalue weighted by atomic mass is 9.50. The number of nitrogens with zero attached hydrogens (tertiary/aromatic N) is 3. The van der Waals surface area contributed by atoms with E-state index < -0.39 is 0 Å². The fourth-order valence-electron chi connectivity index (χ4n) is 4.40. The minimum Gasteiger partial charge on any atom is -0.315 e. The van der Waals surface area contributed by atoms with Gasteiger partial charge in [-0.1, -0.05) is 6.08 Å². The van der Waals surface area contributed by atoms with Gasteiger partial charge in [-0.3, -0.25) is 14.6 Å². The molecule has 25 heavy (non-hydrogen) atoms. The van der Waals surface area contributed by atoms with Crippen LogP contribution in [0.25, 0.3) is 4.85 Å². The molecule has 0 amide bonds. The standard InChI is InChI=1S/C20H32N4O/c1-19(2,3)24-9-8-23(17(14-24)13-21-4)15-18(25)6-5-7-22-20-10-16(11-20)12-20/h5-6,16-17,22H,7-15H2,1-3H3/b6-5+. The zero-order chi connectivity index (χ0) is 18.1. The molecule has 0 spiro atoms. The maximum Gasteiger partial charge on any atom is 0.231 e. The van der Waals surface area contributed by atoms with Crippen molar-refractivity contribution >= 4 is 5.78 Å². The zero-order valence-corrected chi connectivity index (χ0v) is 15.9. The van der Waals surface area contributed by atoms with E-state index in [-0.39, 0.29) is 17.4 Å². The van der Waals surface area contributed by atoms with Crippen LogP contribution in [0, 0.1) is 12.5 Å². The zero-order valence-electron chi connectivity index (χ0n) is 15.9. The van der Waals surface area contributed by atoms with Crippen LogP contribution in [0.15, 0.2) is 12.2 Å². The van der Waals surface area contributed by atoms with Crippen LogP contribution in [0.3, 0.4) is 0 Å². The summed E-state index contributed by atoms with van der Waals surface area (Å²) in [6.45, 7) is 18.2. The van der Waals surface area contributed by atoms with Crippen molar-refractivity contribution in [1.29, 1.82) is 0 Å². The molecule has 0 radical (unpaired) electrons. The van der Waals surface area contributed by atoms with Crippen molar-refractivity contribution in [3.05, 3.63) is 23.6 Å². The monoisotopic (exact) mass is 344 g/mol. The Kier molecular flexibility index (Phi) is 5.34. The van der Waals surface area contributed by atoms with Crippen molar-refractivity contribution in [2.24, 2.45) is 5.92 Å². The van der Waals surface area contributed by atoms with Crippen molar-refractivity contribution in [2.45, 2.75) is 57.2 Å². The van der Waals surface area contributed by atoms with Crippen LogP contribution in [0.5, 0.6) is 0 Å². The SMILES string of the molecule is [C-]#[N+]CC1CN(C(C)(C)C)CCN1CC(=O)/C=C/CNC12CC(C1)C2. The molecule has 1 aliphatic heterocycles. The molecule has 4 rings (SSSR count). The first kappa shape index (κ1) is 18.6. The first-order valence-corrected chi connectivity index (χ1v) is 9.58. The lowest BCUT2D eigenvalue weighted by Crippen LogP contribution is -2.66. The third-order valence-corrected chi connectivity index (χ3v) is 6.15. The van der Waals surface area contributed by atoms with Crippen molar-refractivity contribution in [2.75, 3.05) is 39.3 Å². The molecule has 3 aliphatic carbocycles. The van der Waals surface area contributed by atoms with Gasteiger partial charge >= 0.3 is 0 Å². The summed E-state index contributed by atoms with van der Waals surface area (Å²) >= 11 is 0. The Morgan fingerprint density at radius 3 is 2.60 bits per heavy atom. The van der Waals surface area contributed by atoms with Gasteiger partial charge in [0.15, 0.2) is 5.78 Å². The predicted octanol–water partition coefficient (Wildman–Crippen LogP) is 1.96. The second-order valence-electron chi connectivity index (χ2n) is 9.09. The van der Waals surface area contributed by atoms with Gasteiger partial charge in [0.2, 0.25) is 6.54 Å². The fourth-order valence-corrected chi connectivity index (χ4v) is 4.40. The number of ketones is 1. The average Bonchev–Trinajstić information content (AvgIpc) is 2.44. The summed E-state index contributed by atoms with van der Waals surface area (Å²) in [4.78, 5) is 20.5. The van der Waals surface area contributed by atoms with Crippen LogP contribution in [-0.2, 0) is 4.79 Å². The minimum atomic E-state index is 0.115. The molecule has 5 nitrogen and oxygen atoms in total. The second-order valence-corrected chi connectivity index (χ2v) is 9.09. The largest absolute Gasteiger partial charge is 0.315 e. The van der Waals surface area contributed by atoms with Crippen LogP contribution in [0.1, 0.15) is 40.0 Å². The van der Waals surface area contributed by atoms with Gasteiger partial charge in [0.05, 0.1) is 12.6 Å². The lowest BCUT2D eigenvalue weighted by Gasteiger charge is -2.62. The molecule has 1 heterocycles. The molecule has 4 fully saturated rings. The van der Waals surface area contributed by atoms with Crippen molar-refractivity contribution in [3.8, 4) is 0 Å². The van der Waals surface area contributed by atoms with Crippen LogP contribution in [0.2, 0.25) is 0 Å². The Bertz CT molecular complexity index is 554. The molecule has 138 valence electrons. The highest BCUT2D eigenvalue weighted by Crippen LogP contribution is 2.56. The van der Waals surface area contributed by atoms with Crippen molar-refractivity contribution < 1.29 is 4.79 Å². The van der Waals surface area contributed by atoms with Gasteiger partial charge in [-0.15, -0.1) is 0 Å². The molecule has 5 heteroatoms.